The zero-order valence-corrected chi connectivity index (χ0v) is 20.8. The van der Waals surface area contributed by atoms with E-state index in [9.17, 15) is 13.2 Å². The third-order valence-corrected chi connectivity index (χ3v) is 7.74. The highest BCUT2D eigenvalue weighted by Gasteiger charge is 2.31. The van der Waals surface area contributed by atoms with E-state index in [2.05, 4.69) is 5.10 Å². The van der Waals surface area contributed by atoms with E-state index in [1.165, 1.54) is 10.6 Å². The lowest BCUT2D eigenvalue weighted by Gasteiger charge is -2.35. The number of carbonyl (C=O) groups excluding carboxylic acids is 1. The average Bonchev–Trinajstić information content (AvgIpc) is 3.34. The minimum absolute atomic E-state index is 0.0858. The van der Waals surface area contributed by atoms with Crippen molar-refractivity contribution < 1.29 is 17.6 Å². The molecule has 3 aromatic heterocycles. The Hall–Kier alpha value is -2.72. The van der Waals surface area contributed by atoms with Crippen LogP contribution in [-0.4, -0.2) is 70.7 Å². The normalized spacial score (nSPS) is 15.8. The molecule has 0 radical (unpaired) electrons. The maximum Gasteiger partial charge on any atom is 0.254 e. The number of sulfonamides is 1. The van der Waals surface area contributed by atoms with E-state index < -0.39 is 10.0 Å². The third-order valence-electron chi connectivity index (χ3n) is 6.39. The van der Waals surface area contributed by atoms with E-state index in [1.807, 2.05) is 44.5 Å². The molecule has 0 aliphatic carbocycles. The van der Waals surface area contributed by atoms with Crippen LogP contribution in [0.2, 0.25) is 0 Å². The quantitative estimate of drug-likeness (QED) is 0.563. The summed E-state index contributed by atoms with van der Waals surface area (Å²) >= 11 is 0. The largest absolute Gasteiger partial charge is 0.466 e. The molecule has 9 nitrogen and oxygen atoms in total. The van der Waals surface area contributed by atoms with Crippen LogP contribution in [0.5, 0.6) is 0 Å². The second kappa shape index (κ2) is 8.57. The number of rotatable bonds is 5. The summed E-state index contributed by atoms with van der Waals surface area (Å²) in [4.78, 5) is 20.3. The first kappa shape index (κ1) is 23.4. The second-order valence-electron chi connectivity index (χ2n) is 9.10. The molecule has 1 saturated heterocycles. The molecule has 0 bridgehead atoms. The highest BCUT2D eigenvalue weighted by Crippen LogP contribution is 2.31. The summed E-state index contributed by atoms with van der Waals surface area (Å²) in [6.07, 6.45) is 4.12. The first-order valence-electron chi connectivity index (χ1n) is 11.1. The smallest absolute Gasteiger partial charge is 0.254 e. The zero-order valence-electron chi connectivity index (χ0n) is 20.0. The van der Waals surface area contributed by atoms with Crippen LogP contribution in [0.4, 0.5) is 0 Å². The van der Waals surface area contributed by atoms with Gasteiger partial charge in [-0.3, -0.25) is 4.79 Å². The van der Waals surface area contributed by atoms with Crippen molar-refractivity contribution in [2.24, 2.45) is 0 Å². The lowest BCUT2D eigenvalue weighted by atomic mass is 10.0. The van der Waals surface area contributed by atoms with E-state index in [0.29, 0.717) is 48.2 Å². The van der Waals surface area contributed by atoms with Gasteiger partial charge in [-0.15, -0.1) is 0 Å². The summed E-state index contributed by atoms with van der Waals surface area (Å²) in [6, 6.07) is 3.74. The predicted octanol–water partition coefficient (Wildman–Crippen LogP) is 3.39. The number of likely N-dealkylation sites (tertiary alicyclic amines) is 1. The molecule has 0 saturated carbocycles. The fourth-order valence-electron chi connectivity index (χ4n) is 4.47. The highest BCUT2D eigenvalue weighted by molar-refractivity contribution is 7.88. The molecule has 10 heteroatoms. The topological polar surface area (TPSA) is 102 Å². The van der Waals surface area contributed by atoms with Crippen molar-refractivity contribution in [3.8, 4) is 11.3 Å². The fraction of sp³-hybridized carbons (Fsp3) is 0.522. The van der Waals surface area contributed by atoms with Crippen LogP contribution < -0.4 is 0 Å². The van der Waals surface area contributed by atoms with Gasteiger partial charge in [0.15, 0.2) is 5.65 Å². The van der Waals surface area contributed by atoms with Gasteiger partial charge in [-0.1, -0.05) is 0 Å². The molecule has 0 N–H and O–H groups in total. The van der Waals surface area contributed by atoms with E-state index in [-0.39, 0.29) is 18.0 Å². The number of nitrogens with zero attached hydrogens (tertiary/aromatic N) is 5. The van der Waals surface area contributed by atoms with Crippen LogP contribution in [-0.2, 0) is 10.0 Å². The van der Waals surface area contributed by atoms with Crippen molar-refractivity contribution in [2.45, 2.75) is 52.6 Å². The molecule has 4 heterocycles. The molecular weight excluding hydrogens is 442 g/mol. The lowest BCUT2D eigenvalue weighted by molar-refractivity contribution is 0.0688. The van der Waals surface area contributed by atoms with Gasteiger partial charge in [-0.05, 0) is 52.7 Å². The van der Waals surface area contributed by atoms with Gasteiger partial charge in [0.25, 0.3) is 5.91 Å². The summed E-state index contributed by atoms with van der Waals surface area (Å²) in [5, 5.41) is 5.21. The first-order valence-corrected chi connectivity index (χ1v) is 13.0. The van der Waals surface area contributed by atoms with Crippen molar-refractivity contribution in [2.75, 3.05) is 26.4 Å². The van der Waals surface area contributed by atoms with Gasteiger partial charge in [0.1, 0.15) is 11.5 Å². The Labute approximate surface area is 194 Å². The number of amides is 1. The first-order chi connectivity index (χ1) is 15.5. The number of hydrogen-bond acceptors (Lipinski definition) is 6. The summed E-state index contributed by atoms with van der Waals surface area (Å²) in [5.41, 5.74) is 2.74. The van der Waals surface area contributed by atoms with Crippen molar-refractivity contribution in [3.63, 3.8) is 0 Å². The molecule has 1 aliphatic heterocycles. The minimum atomic E-state index is -3.26. The summed E-state index contributed by atoms with van der Waals surface area (Å²) in [5.74, 6) is 1.44. The van der Waals surface area contributed by atoms with Gasteiger partial charge in [0, 0.05) is 37.8 Å². The fourth-order valence-corrected chi connectivity index (χ4v) is 5.22. The summed E-state index contributed by atoms with van der Waals surface area (Å²) in [6.45, 7) is 8.81. The number of aromatic nitrogens is 3. The lowest BCUT2D eigenvalue weighted by Crippen LogP contribution is -2.47. The summed E-state index contributed by atoms with van der Waals surface area (Å²) < 4.78 is 32.7. The standard InChI is InChI=1S/C23H31N5O4S/c1-14(2)28-22-20(13-24-28)19(12-21(25-22)18-11-15(3)32-16(18)4)23(29)27-9-7-17(8-10-27)26(5)33(6,30)31/h11-14,17H,7-10H2,1-6H3. The van der Waals surface area contributed by atoms with Crippen molar-refractivity contribution in [1.82, 2.24) is 24.0 Å². The Bertz CT molecular complexity index is 1300. The minimum Gasteiger partial charge on any atom is -0.466 e. The number of furan rings is 1. The van der Waals surface area contributed by atoms with E-state index in [4.69, 9.17) is 9.40 Å². The zero-order chi connectivity index (χ0) is 24.1. The number of pyridine rings is 1. The van der Waals surface area contributed by atoms with Crippen molar-refractivity contribution >= 4 is 27.0 Å². The molecule has 0 aromatic carbocycles. The Balaban J connectivity index is 1.71. The van der Waals surface area contributed by atoms with Crippen LogP contribution in [0.15, 0.2) is 22.7 Å². The van der Waals surface area contributed by atoms with Gasteiger partial charge in [0.2, 0.25) is 10.0 Å². The van der Waals surface area contributed by atoms with E-state index >= 15 is 0 Å². The highest BCUT2D eigenvalue weighted by atomic mass is 32.2. The Morgan fingerprint density at radius 3 is 2.42 bits per heavy atom. The van der Waals surface area contributed by atoms with Crippen LogP contribution in [0.1, 0.15) is 54.6 Å². The molecule has 0 unspecified atom stereocenters. The Kier molecular flexibility index (Phi) is 6.09. The average molecular weight is 474 g/mol. The van der Waals surface area contributed by atoms with Crippen LogP contribution >= 0.6 is 0 Å². The molecular formula is C23H31N5O4S. The predicted molar refractivity (Wildman–Crippen MR) is 127 cm³/mol. The molecule has 3 aromatic rings. The molecule has 33 heavy (non-hydrogen) atoms. The van der Waals surface area contributed by atoms with E-state index in [1.54, 1.807) is 18.1 Å². The second-order valence-corrected chi connectivity index (χ2v) is 11.1. The molecule has 1 aliphatic rings. The molecule has 0 atom stereocenters. The SMILES string of the molecule is Cc1cc(-c2cc(C(=O)N3CCC(N(C)S(C)(=O)=O)CC3)c3cnn(C(C)C)c3n2)c(C)o1. The maximum atomic E-state index is 13.6. The van der Waals surface area contributed by atoms with Gasteiger partial charge in [-0.25, -0.2) is 22.4 Å². The number of hydrogen-bond donors (Lipinski definition) is 0. The summed E-state index contributed by atoms with van der Waals surface area (Å²) in [7, 11) is -1.66. The number of carbonyl (C=O) groups is 1. The number of fused-ring (bicyclic) bond motifs is 1. The van der Waals surface area contributed by atoms with Crippen LogP contribution in [0, 0.1) is 13.8 Å². The number of aryl methyl sites for hydroxylation is 2. The Morgan fingerprint density at radius 1 is 1.21 bits per heavy atom. The van der Waals surface area contributed by atoms with Gasteiger partial charge < -0.3 is 9.32 Å². The van der Waals surface area contributed by atoms with Gasteiger partial charge >= 0.3 is 0 Å². The van der Waals surface area contributed by atoms with Crippen LogP contribution in [0.3, 0.4) is 0 Å². The van der Waals surface area contributed by atoms with Crippen molar-refractivity contribution in [1.29, 1.82) is 0 Å². The Morgan fingerprint density at radius 2 is 1.88 bits per heavy atom. The third kappa shape index (κ3) is 4.41. The van der Waals surface area contributed by atoms with Gasteiger partial charge in [0.05, 0.1) is 29.1 Å². The number of piperidine rings is 1. The molecule has 1 fully saturated rings. The van der Waals surface area contributed by atoms with Crippen molar-refractivity contribution in [3.05, 3.63) is 35.4 Å². The van der Waals surface area contributed by atoms with Crippen LogP contribution in [0.25, 0.3) is 22.3 Å². The molecule has 178 valence electrons. The molecule has 0 spiro atoms. The molecule has 4 rings (SSSR count). The monoisotopic (exact) mass is 473 g/mol. The van der Waals surface area contributed by atoms with Gasteiger partial charge in [-0.2, -0.15) is 5.10 Å². The molecule has 1 amide bonds. The van der Waals surface area contributed by atoms with E-state index in [0.717, 1.165) is 17.1 Å². The maximum absolute atomic E-state index is 13.6.